The molecule has 2 aromatic rings. The molecule has 0 unspecified atom stereocenters. The molecule has 0 aliphatic carbocycles. The van der Waals surface area contributed by atoms with E-state index in [1.807, 2.05) is 30.3 Å². The highest BCUT2D eigenvalue weighted by atomic mass is 16.5. The predicted molar refractivity (Wildman–Crippen MR) is 74.1 cm³/mol. The van der Waals surface area contributed by atoms with Crippen LogP contribution in [-0.4, -0.2) is 11.3 Å². The van der Waals surface area contributed by atoms with Gasteiger partial charge in [-0.1, -0.05) is 36.4 Å². The molecule has 3 rings (SSSR count). The summed E-state index contributed by atoms with van der Waals surface area (Å²) in [7, 11) is 0. The Bertz CT molecular complexity index is 664. The van der Waals surface area contributed by atoms with E-state index in [4.69, 9.17) is 10.5 Å². The second-order valence-corrected chi connectivity index (χ2v) is 4.85. The molecule has 4 heteroatoms. The van der Waals surface area contributed by atoms with Crippen molar-refractivity contribution in [3.8, 4) is 17.6 Å². The van der Waals surface area contributed by atoms with Crippen molar-refractivity contribution in [2.45, 2.75) is 12.1 Å². The van der Waals surface area contributed by atoms with Crippen LogP contribution in [0.25, 0.3) is 0 Å². The number of rotatable bonds is 1. The van der Waals surface area contributed by atoms with E-state index in [1.54, 1.807) is 18.2 Å². The molecule has 1 heterocycles. The normalized spacial score (nSPS) is 24.3. The lowest BCUT2D eigenvalue weighted by Crippen LogP contribution is -2.42. The number of ether oxygens (including phenoxy) is 1. The molecule has 0 radical (unpaired) electrons. The zero-order valence-electron chi connectivity index (χ0n) is 10.7. The van der Waals surface area contributed by atoms with Crippen LogP contribution in [0.4, 0.5) is 0 Å². The summed E-state index contributed by atoms with van der Waals surface area (Å²) in [5, 5.41) is 19.0. The number of phenolic OH excluding ortho intramolecular Hbond substituents is 1. The van der Waals surface area contributed by atoms with Crippen LogP contribution in [-0.2, 0) is 0 Å². The molecule has 0 aromatic heterocycles. The highest BCUT2D eigenvalue weighted by molar-refractivity contribution is 5.49. The molecule has 0 bridgehead atoms. The maximum Gasteiger partial charge on any atom is 0.164 e. The summed E-state index contributed by atoms with van der Waals surface area (Å²) in [6, 6.07) is 16.9. The van der Waals surface area contributed by atoms with Gasteiger partial charge in [0.2, 0.25) is 0 Å². The van der Waals surface area contributed by atoms with E-state index >= 15 is 0 Å². The van der Waals surface area contributed by atoms with Gasteiger partial charge in [-0.25, -0.2) is 0 Å². The van der Waals surface area contributed by atoms with E-state index in [0.29, 0.717) is 5.75 Å². The minimum atomic E-state index is -0.709. The van der Waals surface area contributed by atoms with Crippen molar-refractivity contribution in [1.82, 2.24) is 0 Å². The molecule has 0 amide bonds. The van der Waals surface area contributed by atoms with Gasteiger partial charge in [0.05, 0.1) is 6.07 Å². The fourth-order valence-corrected chi connectivity index (χ4v) is 2.68. The van der Waals surface area contributed by atoms with E-state index in [1.165, 1.54) is 0 Å². The SMILES string of the molecule is N#C[C@H]1[C@@H](c2ccccc2)c2ccc(O)cc2O[C@@H]1N. The molecule has 0 spiro atoms. The number of hydrogen-bond donors (Lipinski definition) is 2. The average molecular weight is 266 g/mol. The quantitative estimate of drug-likeness (QED) is 0.830. The molecule has 3 atom stereocenters. The van der Waals surface area contributed by atoms with Crippen LogP contribution < -0.4 is 10.5 Å². The van der Waals surface area contributed by atoms with Gasteiger partial charge in [0.1, 0.15) is 17.4 Å². The summed E-state index contributed by atoms with van der Waals surface area (Å²) in [5.41, 5.74) is 7.85. The van der Waals surface area contributed by atoms with Gasteiger partial charge in [-0.3, -0.25) is 5.73 Å². The van der Waals surface area contributed by atoms with Crippen LogP contribution in [0.5, 0.6) is 11.5 Å². The third kappa shape index (κ3) is 1.98. The van der Waals surface area contributed by atoms with E-state index in [0.717, 1.165) is 11.1 Å². The first-order valence-electron chi connectivity index (χ1n) is 6.40. The molecule has 0 saturated heterocycles. The van der Waals surface area contributed by atoms with Gasteiger partial charge < -0.3 is 9.84 Å². The minimum absolute atomic E-state index is 0.123. The van der Waals surface area contributed by atoms with Gasteiger partial charge in [0, 0.05) is 17.5 Å². The van der Waals surface area contributed by atoms with Crippen molar-refractivity contribution >= 4 is 0 Å². The molecular formula is C16H14N2O2. The van der Waals surface area contributed by atoms with Crippen LogP contribution in [0.2, 0.25) is 0 Å². The topological polar surface area (TPSA) is 79.3 Å². The lowest BCUT2D eigenvalue weighted by Gasteiger charge is -2.34. The number of aromatic hydroxyl groups is 1. The molecule has 100 valence electrons. The summed E-state index contributed by atoms with van der Waals surface area (Å²) in [6.07, 6.45) is -0.709. The first-order chi connectivity index (χ1) is 9.70. The van der Waals surface area contributed by atoms with Crippen LogP contribution >= 0.6 is 0 Å². The van der Waals surface area contributed by atoms with Gasteiger partial charge in [-0.15, -0.1) is 0 Å². The lowest BCUT2D eigenvalue weighted by atomic mass is 9.78. The van der Waals surface area contributed by atoms with Gasteiger partial charge in [0.15, 0.2) is 6.23 Å². The van der Waals surface area contributed by atoms with Crippen molar-refractivity contribution in [1.29, 1.82) is 5.26 Å². The Labute approximate surface area is 117 Å². The van der Waals surface area contributed by atoms with Crippen molar-refractivity contribution in [3.05, 3.63) is 59.7 Å². The molecule has 2 aromatic carbocycles. The molecule has 20 heavy (non-hydrogen) atoms. The summed E-state index contributed by atoms with van der Waals surface area (Å²) in [6.45, 7) is 0. The Morgan fingerprint density at radius 2 is 1.90 bits per heavy atom. The number of nitrogens with two attached hydrogens (primary N) is 1. The second kappa shape index (κ2) is 4.87. The highest BCUT2D eigenvalue weighted by Gasteiger charge is 2.37. The maximum absolute atomic E-state index is 9.57. The fraction of sp³-hybridized carbons (Fsp3) is 0.188. The number of hydrogen-bond acceptors (Lipinski definition) is 4. The summed E-state index contributed by atoms with van der Waals surface area (Å²) < 4.78 is 5.56. The zero-order valence-corrected chi connectivity index (χ0v) is 10.7. The van der Waals surface area contributed by atoms with Crippen molar-refractivity contribution in [3.63, 3.8) is 0 Å². The number of fused-ring (bicyclic) bond motifs is 1. The molecule has 4 nitrogen and oxygen atoms in total. The Kier molecular flexibility index (Phi) is 3.05. The largest absolute Gasteiger partial charge is 0.508 e. The van der Waals surface area contributed by atoms with Gasteiger partial charge in [0.25, 0.3) is 0 Å². The zero-order chi connectivity index (χ0) is 14.1. The van der Waals surface area contributed by atoms with Crippen molar-refractivity contribution in [2.24, 2.45) is 11.7 Å². The van der Waals surface area contributed by atoms with Crippen molar-refractivity contribution < 1.29 is 9.84 Å². The first kappa shape index (κ1) is 12.5. The van der Waals surface area contributed by atoms with Gasteiger partial charge >= 0.3 is 0 Å². The Morgan fingerprint density at radius 3 is 2.60 bits per heavy atom. The number of benzene rings is 2. The van der Waals surface area contributed by atoms with Crippen LogP contribution in [0.15, 0.2) is 48.5 Å². The molecule has 0 fully saturated rings. The van der Waals surface area contributed by atoms with Crippen LogP contribution in [0.1, 0.15) is 17.0 Å². The standard InChI is InChI=1S/C16H14N2O2/c17-9-13-15(10-4-2-1-3-5-10)12-7-6-11(19)8-14(12)20-16(13)18/h1-8,13,15-16,19H,18H2/t13-,15-,16-/m0/s1. The maximum atomic E-state index is 9.57. The van der Waals surface area contributed by atoms with Crippen LogP contribution in [0.3, 0.4) is 0 Å². The van der Waals surface area contributed by atoms with Crippen molar-refractivity contribution in [2.75, 3.05) is 0 Å². The van der Waals surface area contributed by atoms with E-state index in [2.05, 4.69) is 6.07 Å². The number of nitriles is 1. The Hall–Kier alpha value is -2.51. The molecule has 3 N–H and O–H groups in total. The number of phenols is 1. The van der Waals surface area contributed by atoms with E-state index in [9.17, 15) is 10.4 Å². The second-order valence-electron chi connectivity index (χ2n) is 4.85. The molecule has 1 aliphatic heterocycles. The smallest absolute Gasteiger partial charge is 0.164 e. The highest BCUT2D eigenvalue weighted by Crippen LogP contribution is 2.43. The fourth-order valence-electron chi connectivity index (χ4n) is 2.68. The third-order valence-corrected chi connectivity index (χ3v) is 3.62. The summed E-state index contributed by atoms with van der Waals surface area (Å²) in [5.74, 6) is 0.0472. The number of nitrogens with zero attached hydrogens (tertiary/aromatic N) is 1. The van der Waals surface area contributed by atoms with Gasteiger partial charge in [-0.2, -0.15) is 5.26 Å². The average Bonchev–Trinajstić information content (AvgIpc) is 2.46. The first-order valence-corrected chi connectivity index (χ1v) is 6.40. The third-order valence-electron chi connectivity index (χ3n) is 3.62. The predicted octanol–water partition coefficient (Wildman–Crippen LogP) is 2.34. The molecular weight excluding hydrogens is 252 g/mol. The molecule has 1 aliphatic rings. The monoisotopic (exact) mass is 266 g/mol. The Balaban J connectivity index is 2.17. The summed E-state index contributed by atoms with van der Waals surface area (Å²) >= 11 is 0. The van der Waals surface area contributed by atoms with Gasteiger partial charge in [-0.05, 0) is 11.6 Å². The Morgan fingerprint density at radius 1 is 1.15 bits per heavy atom. The lowest BCUT2D eigenvalue weighted by molar-refractivity contribution is 0.134. The van der Waals surface area contributed by atoms with E-state index in [-0.39, 0.29) is 11.7 Å². The van der Waals surface area contributed by atoms with Crippen LogP contribution in [0, 0.1) is 17.2 Å². The minimum Gasteiger partial charge on any atom is -0.508 e. The summed E-state index contributed by atoms with van der Waals surface area (Å²) in [4.78, 5) is 0. The van der Waals surface area contributed by atoms with E-state index < -0.39 is 12.1 Å². The molecule has 0 saturated carbocycles.